The van der Waals surface area contributed by atoms with Crippen molar-refractivity contribution in [3.8, 4) is 0 Å². The second kappa shape index (κ2) is 3.46. The van der Waals surface area contributed by atoms with Gasteiger partial charge in [-0.25, -0.2) is 0 Å². The number of halogens is 1. The van der Waals surface area contributed by atoms with Gasteiger partial charge < -0.3 is 4.74 Å². The van der Waals surface area contributed by atoms with Crippen molar-refractivity contribution in [3.63, 3.8) is 0 Å². The summed E-state index contributed by atoms with van der Waals surface area (Å²) in [6.45, 7) is 6.24. The Morgan fingerprint density at radius 2 is 1.67 bits per heavy atom. The van der Waals surface area contributed by atoms with Crippen molar-refractivity contribution in [2.75, 3.05) is 0 Å². The molecule has 0 amide bonds. The third-order valence-electron chi connectivity index (χ3n) is 2.79. The minimum absolute atomic E-state index is 0.232. The zero-order chi connectivity index (χ0) is 11.1. The first kappa shape index (κ1) is 10.9. The Morgan fingerprint density at radius 3 is 2.13 bits per heavy atom. The first-order chi connectivity index (χ1) is 6.94. The van der Waals surface area contributed by atoms with E-state index in [1.807, 2.05) is 18.2 Å². The Hall–Kier alpha value is -0.600. The molecule has 0 N–H and O–H groups in total. The molecule has 0 bridgehead atoms. The molecule has 2 rings (SSSR count). The molecule has 0 radical (unpaired) electrons. The van der Waals surface area contributed by atoms with Gasteiger partial charge in [-0.1, -0.05) is 46.3 Å². The first-order valence-corrected chi connectivity index (χ1v) is 5.88. The molecule has 0 fully saturated rings. The van der Waals surface area contributed by atoms with E-state index < -0.39 is 0 Å². The standard InChI is InChI=1S/C13H15BrO/c1-12(2)11(14)9-13(3,15-12)10-7-5-4-6-8-10/h4-9H,1-3H3. The predicted molar refractivity (Wildman–Crippen MR) is 66.0 cm³/mol. The van der Waals surface area contributed by atoms with E-state index in [1.54, 1.807) is 0 Å². The van der Waals surface area contributed by atoms with E-state index in [9.17, 15) is 0 Å². The van der Waals surface area contributed by atoms with Crippen LogP contribution in [0.4, 0.5) is 0 Å². The maximum absolute atomic E-state index is 6.10. The fourth-order valence-electron chi connectivity index (χ4n) is 1.94. The predicted octanol–water partition coefficient (Wildman–Crippen LogP) is 3.99. The normalized spacial score (nSPS) is 28.9. The summed E-state index contributed by atoms with van der Waals surface area (Å²) >= 11 is 3.57. The summed E-state index contributed by atoms with van der Waals surface area (Å²) in [5, 5.41) is 0. The maximum atomic E-state index is 6.10. The van der Waals surface area contributed by atoms with Gasteiger partial charge in [0.25, 0.3) is 0 Å². The van der Waals surface area contributed by atoms with E-state index in [4.69, 9.17) is 4.74 Å². The molecule has 1 aromatic rings. The number of benzene rings is 1. The third kappa shape index (κ3) is 1.88. The summed E-state index contributed by atoms with van der Waals surface area (Å²) in [7, 11) is 0. The second-order valence-electron chi connectivity index (χ2n) is 4.58. The molecule has 1 aliphatic heterocycles. The van der Waals surface area contributed by atoms with Gasteiger partial charge in [-0.3, -0.25) is 0 Å². The topological polar surface area (TPSA) is 9.23 Å². The van der Waals surface area contributed by atoms with Gasteiger partial charge in [0.05, 0.1) is 5.60 Å². The van der Waals surface area contributed by atoms with E-state index >= 15 is 0 Å². The van der Waals surface area contributed by atoms with E-state index in [-0.39, 0.29) is 11.2 Å². The van der Waals surface area contributed by atoms with Gasteiger partial charge in [0.1, 0.15) is 5.60 Å². The SMILES string of the molecule is CC1(C)OC(C)(c2ccccc2)C=C1Br. The zero-order valence-corrected chi connectivity index (χ0v) is 10.8. The van der Waals surface area contributed by atoms with E-state index in [1.165, 1.54) is 5.56 Å². The summed E-state index contributed by atoms with van der Waals surface area (Å²) in [6.07, 6.45) is 2.14. The lowest BCUT2D eigenvalue weighted by molar-refractivity contribution is -0.0638. The van der Waals surface area contributed by atoms with Crippen LogP contribution in [0.2, 0.25) is 0 Å². The summed E-state index contributed by atoms with van der Waals surface area (Å²) in [6, 6.07) is 10.3. The third-order valence-corrected chi connectivity index (χ3v) is 3.98. The molecular weight excluding hydrogens is 252 g/mol. The van der Waals surface area contributed by atoms with Crippen molar-refractivity contribution in [3.05, 3.63) is 46.5 Å². The molecule has 15 heavy (non-hydrogen) atoms. The molecular formula is C13H15BrO. The van der Waals surface area contributed by atoms with Crippen LogP contribution >= 0.6 is 15.9 Å². The molecule has 0 saturated heterocycles. The molecule has 0 aromatic heterocycles. The molecule has 0 saturated carbocycles. The number of ether oxygens (including phenoxy) is 1. The Bertz CT molecular complexity index is 394. The monoisotopic (exact) mass is 266 g/mol. The van der Waals surface area contributed by atoms with Gasteiger partial charge in [-0.15, -0.1) is 0 Å². The minimum Gasteiger partial charge on any atom is -0.355 e. The maximum Gasteiger partial charge on any atom is 0.111 e. The van der Waals surface area contributed by atoms with Gasteiger partial charge in [0.15, 0.2) is 0 Å². The van der Waals surface area contributed by atoms with Gasteiger partial charge >= 0.3 is 0 Å². The van der Waals surface area contributed by atoms with Gasteiger partial charge in [-0.2, -0.15) is 0 Å². The highest BCUT2D eigenvalue weighted by molar-refractivity contribution is 9.11. The Morgan fingerprint density at radius 1 is 1.07 bits per heavy atom. The average Bonchev–Trinajstić information content (AvgIpc) is 2.38. The van der Waals surface area contributed by atoms with Crippen LogP contribution in [0.1, 0.15) is 26.3 Å². The molecule has 1 aromatic carbocycles. The Balaban J connectivity index is 2.40. The Kier molecular flexibility index (Phi) is 2.52. The summed E-state index contributed by atoms with van der Waals surface area (Å²) in [5.41, 5.74) is 0.640. The second-order valence-corrected chi connectivity index (χ2v) is 5.43. The van der Waals surface area contributed by atoms with Crippen molar-refractivity contribution in [2.45, 2.75) is 32.0 Å². The lowest BCUT2D eigenvalue weighted by atomic mass is 9.97. The largest absolute Gasteiger partial charge is 0.355 e. The van der Waals surface area contributed by atoms with E-state index in [0.717, 1.165) is 4.48 Å². The fourth-order valence-corrected chi connectivity index (χ4v) is 2.45. The molecule has 1 atom stereocenters. The highest BCUT2D eigenvalue weighted by Gasteiger charge is 2.41. The number of hydrogen-bond acceptors (Lipinski definition) is 1. The molecule has 0 aliphatic carbocycles. The molecule has 0 spiro atoms. The molecule has 2 heteroatoms. The van der Waals surface area contributed by atoms with Crippen molar-refractivity contribution in [1.82, 2.24) is 0 Å². The van der Waals surface area contributed by atoms with Crippen molar-refractivity contribution in [2.24, 2.45) is 0 Å². The molecule has 1 unspecified atom stereocenters. The van der Waals surface area contributed by atoms with Crippen molar-refractivity contribution >= 4 is 15.9 Å². The van der Waals surface area contributed by atoms with E-state index in [2.05, 4.69) is 54.9 Å². The lowest BCUT2D eigenvalue weighted by Gasteiger charge is -2.29. The highest BCUT2D eigenvalue weighted by Crippen LogP contribution is 2.44. The molecule has 80 valence electrons. The summed E-state index contributed by atoms with van der Waals surface area (Å²) in [5.74, 6) is 0. The van der Waals surface area contributed by atoms with Crippen LogP contribution in [0.5, 0.6) is 0 Å². The highest BCUT2D eigenvalue weighted by atomic mass is 79.9. The number of hydrogen-bond donors (Lipinski definition) is 0. The van der Waals surface area contributed by atoms with Crippen LogP contribution in [-0.4, -0.2) is 5.60 Å². The van der Waals surface area contributed by atoms with Crippen LogP contribution in [-0.2, 0) is 10.3 Å². The quantitative estimate of drug-likeness (QED) is 0.747. The fraction of sp³-hybridized carbons (Fsp3) is 0.385. The van der Waals surface area contributed by atoms with Crippen LogP contribution < -0.4 is 0 Å². The van der Waals surface area contributed by atoms with Gasteiger partial charge in [0.2, 0.25) is 0 Å². The molecule has 1 nitrogen and oxygen atoms in total. The van der Waals surface area contributed by atoms with Crippen molar-refractivity contribution < 1.29 is 4.74 Å². The summed E-state index contributed by atoms with van der Waals surface area (Å²) < 4.78 is 7.21. The van der Waals surface area contributed by atoms with Crippen LogP contribution in [0.15, 0.2) is 40.9 Å². The Labute approximate surface area is 99.3 Å². The molecule has 1 heterocycles. The minimum atomic E-state index is -0.316. The average molecular weight is 267 g/mol. The first-order valence-electron chi connectivity index (χ1n) is 5.09. The van der Waals surface area contributed by atoms with Crippen molar-refractivity contribution in [1.29, 1.82) is 0 Å². The van der Waals surface area contributed by atoms with Gasteiger partial charge in [0, 0.05) is 4.48 Å². The molecule has 1 aliphatic rings. The smallest absolute Gasteiger partial charge is 0.111 e. The van der Waals surface area contributed by atoms with Crippen LogP contribution in [0.25, 0.3) is 0 Å². The van der Waals surface area contributed by atoms with Crippen LogP contribution in [0, 0.1) is 0 Å². The van der Waals surface area contributed by atoms with Gasteiger partial charge in [-0.05, 0) is 32.4 Å². The van der Waals surface area contributed by atoms with Crippen LogP contribution in [0.3, 0.4) is 0 Å². The number of rotatable bonds is 1. The van der Waals surface area contributed by atoms with E-state index in [0.29, 0.717) is 0 Å². The lowest BCUT2D eigenvalue weighted by Crippen LogP contribution is -2.28. The summed E-state index contributed by atoms with van der Waals surface area (Å²) in [4.78, 5) is 0. The zero-order valence-electron chi connectivity index (χ0n) is 9.25.